The van der Waals surface area contributed by atoms with Crippen molar-refractivity contribution in [2.24, 2.45) is 5.41 Å². The summed E-state index contributed by atoms with van der Waals surface area (Å²) in [6, 6.07) is 2.37. The quantitative estimate of drug-likeness (QED) is 0.408. The third-order valence-electron chi connectivity index (χ3n) is 6.20. The van der Waals surface area contributed by atoms with Gasteiger partial charge in [-0.1, -0.05) is 33.5 Å². The summed E-state index contributed by atoms with van der Waals surface area (Å²) in [5.41, 5.74) is 2.27. The van der Waals surface area contributed by atoms with Crippen molar-refractivity contribution in [2.75, 3.05) is 11.5 Å². The predicted octanol–water partition coefficient (Wildman–Crippen LogP) is 5.66. The van der Waals surface area contributed by atoms with Gasteiger partial charge < -0.3 is 14.2 Å². The molecule has 2 bridgehead atoms. The summed E-state index contributed by atoms with van der Waals surface area (Å²) in [6.07, 6.45) is 9.06. The van der Waals surface area contributed by atoms with Crippen LogP contribution in [0, 0.1) is 5.41 Å². The molecule has 0 saturated carbocycles. The van der Waals surface area contributed by atoms with Gasteiger partial charge in [-0.05, 0) is 53.1 Å². The van der Waals surface area contributed by atoms with Crippen molar-refractivity contribution in [1.82, 2.24) is 14.5 Å². The second kappa shape index (κ2) is 7.40. The number of piperidine rings is 1. The van der Waals surface area contributed by atoms with Crippen LogP contribution in [-0.4, -0.2) is 41.3 Å². The second-order valence-electron chi connectivity index (χ2n) is 10.6. The molecule has 0 N–H and O–H groups in total. The lowest BCUT2D eigenvalue weighted by Crippen LogP contribution is -2.46. The number of halogens is 1. The first kappa shape index (κ1) is 20.4. The molecule has 0 spiro atoms. The van der Waals surface area contributed by atoms with Gasteiger partial charge in [-0.2, -0.15) is 0 Å². The summed E-state index contributed by atoms with van der Waals surface area (Å²) in [4.78, 5) is 12.4. The zero-order chi connectivity index (χ0) is 20.1. The van der Waals surface area contributed by atoms with Crippen LogP contribution in [-0.2, 0) is 11.5 Å². The summed E-state index contributed by atoms with van der Waals surface area (Å²) in [6.45, 7) is 13.3. The van der Waals surface area contributed by atoms with E-state index < -0.39 is 8.07 Å². The standard InChI is InChI=1S/C21H33BrN4OSi/c1-21(2)10-15-6-7-16(11-21)26(15)18-12-23-19-17(22)13-25(20(19)24-18)14-27-8-9-28(3,4)5/h12-13,15-16H,6-11,14H2,1-5H3/t15-,16+. The molecule has 2 aromatic heterocycles. The fourth-order valence-electron chi connectivity index (χ4n) is 4.86. The smallest absolute Gasteiger partial charge is 0.164 e. The summed E-state index contributed by atoms with van der Waals surface area (Å²) in [5.74, 6) is 1.03. The average molecular weight is 466 g/mol. The molecule has 0 aliphatic carbocycles. The third kappa shape index (κ3) is 4.17. The van der Waals surface area contributed by atoms with Gasteiger partial charge in [-0.25, -0.2) is 9.97 Å². The van der Waals surface area contributed by atoms with E-state index in [9.17, 15) is 0 Å². The van der Waals surface area contributed by atoms with E-state index in [1.54, 1.807) is 0 Å². The molecule has 154 valence electrons. The zero-order valence-electron chi connectivity index (χ0n) is 17.8. The highest BCUT2D eigenvalue weighted by atomic mass is 79.9. The maximum Gasteiger partial charge on any atom is 0.164 e. The molecular formula is C21H33BrN4OSi. The van der Waals surface area contributed by atoms with Gasteiger partial charge in [0.15, 0.2) is 5.65 Å². The molecule has 0 aromatic carbocycles. The van der Waals surface area contributed by atoms with E-state index in [2.05, 4.69) is 65.1 Å². The fraction of sp³-hybridized carbons (Fsp3) is 0.714. The first-order valence-electron chi connectivity index (χ1n) is 10.5. The Kier molecular flexibility index (Phi) is 5.38. The second-order valence-corrected chi connectivity index (χ2v) is 17.0. The minimum atomic E-state index is -1.07. The number of ether oxygens (including phenoxy) is 1. The van der Waals surface area contributed by atoms with Crippen LogP contribution in [0.2, 0.25) is 25.7 Å². The normalized spacial score (nSPS) is 24.3. The molecule has 7 heteroatoms. The highest BCUT2D eigenvalue weighted by Gasteiger charge is 2.44. The molecule has 0 amide bonds. The number of anilines is 1. The maximum atomic E-state index is 5.98. The molecule has 2 aromatic rings. The van der Waals surface area contributed by atoms with E-state index >= 15 is 0 Å². The summed E-state index contributed by atoms with van der Waals surface area (Å²) < 4.78 is 9.06. The van der Waals surface area contributed by atoms with Crippen LogP contribution in [0.3, 0.4) is 0 Å². The summed E-state index contributed by atoms with van der Waals surface area (Å²) in [7, 11) is -1.07. The van der Waals surface area contributed by atoms with E-state index in [0.29, 0.717) is 24.2 Å². The molecule has 4 rings (SSSR count). The predicted molar refractivity (Wildman–Crippen MR) is 122 cm³/mol. The van der Waals surface area contributed by atoms with Crippen molar-refractivity contribution >= 4 is 41.0 Å². The first-order valence-corrected chi connectivity index (χ1v) is 15.0. The van der Waals surface area contributed by atoms with Crippen molar-refractivity contribution in [3.05, 3.63) is 16.9 Å². The van der Waals surface area contributed by atoms with Crippen LogP contribution in [0.1, 0.15) is 39.5 Å². The maximum absolute atomic E-state index is 5.98. The van der Waals surface area contributed by atoms with Crippen molar-refractivity contribution < 1.29 is 4.74 Å². The highest BCUT2D eigenvalue weighted by molar-refractivity contribution is 9.10. The lowest BCUT2D eigenvalue weighted by molar-refractivity contribution is 0.0898. The van der Waals surface area contributed by atoms with Gasteiger partial charge in [0, 0.05) is 33.0 Å². The van der Waals surface area contributed by atoms with Crippen molar-refractivity contribution in [3.8, 4) is 0 Å². The van der Waals surface area contributed by atoms with E-state index in [0.717, 1.165) is 28.1 Å². The van der Waals surface area contributed by atoms with Crippen molar-refractivity contribution in [2.45, 2.75) is 84.0 Å². The minimum Gasteiger partial charge on any atom is -0.361 e. The minimum absolute atomic E-state index is 0.438. The Hall–Kier alpha value is -0.923. The monoisotopic (exact) mass is 464 g/mol. The lowest BCUT2D eigenvalue weighted by Gasteiger charge is -2.43. The van der Waals surface area contributed by atoms with Gasteiger partial charge in [-0.15, -0.1) is 0 Å². The molecule has 4 heterocycles. The van der Waals surface area contributed by atoms with Crippen LogP contribution < -0.4 is 4.90 Å². The van der Waals surface area contributed by atoms with E-state index in [-0.39, 0.29) is 0 Å². The number of nitrogens with zero attached hydrogens (tertiary/aromatic N) is 4. The Morgan fingerprint density at radius 2 is 1.89 bits per heavy atom. The largest absolute Gasteiger partial charge is 0.361 e. The number of rotatable bonds is 6. The average Bonchev–Trinajstić information content (AvgIpc) is 3.05. The Balaban J connectivity index is 1.55. The number of fused-ring (bicyclic) bond motifs is 3. The SMILES string of the molecule is CC1(C)C[C@H]2CC[C@@H](C1)N2c1cnc2c(Br)cn(COCC[Si](C)(C)C)c2n1. The number of hydrogen-bond acceptors (Lipinski definition) is 4. The van der Waals surface area contributed by atoms with Crippen LogP contribution in [0.5, 0.6) is 0 Å². The van der Waals surface area contributed by atoms with E-state index in [1.807, 2.05) is 6.20 Å². The number of aromatic nitrogens is 3. The Morgan fingerprint density at radius 1 is 1.21 bits per heavy atom. The van der Waals surface area contributed by atoms with Crippen LogP contribution >= 0.6 is 15.9 Å². The molecule has 0 radical (unpaired) electrons. The van der Waals surface area contributed by atoms with E-state index in [1.165, 1.54) is 31.7 Å². The molecular weight excluding hydrogens is 432 g/mol. The topological polar surface area (TPSA) is 43.2 Å². The molecule has 2 aliphatic rings. The molecule has 5 nitrogen and oxygen atoms in total. The van der Waals surface area contributed by atoms with Gasteiger partial charge in [0.05, 0.1) is 10.7 Å². The van der Waals surface area contributed by atoms with Gasteiger partial charge in [0.25, 0.3) is 0 Å². The molecule has 2 fully saturated rings. The van der Waals surface area contributed by atoms with Gasteiger partial charge >= 0.3 is 0 Å². The lowest BCUT2D eigenvalue weighted by atomic mass is 9.78. The Bertz CT molecular complexity index is 844. The third-order valence-corrected chi connectivity index (χ3v) is 8.48. The number of hydrogen-bond donors (Lipinski definition) is 0. The zero-order valence-corrected chi connectivity index (χ0v) is 20.4. The van der Waals surface area contributed by atoms with Gasteiger partial charge in [-0.3, -0.25) is 0 Å². The summed E-state index contributed by atoms with van der Waals surface area (Å²) >= 11 is 3.64. The van der Waals surface area contributed by atoms with Crippen molar-refractivity contribution in [3.63, 3.8) is 0 Å². The molecule has 2 saturated heterocycles. The van der Waals surface area contributed by atoms with Gasteiger partial charge in [0.2, 0.25) is 0 Å². The Morgan fingerprint density at radius 3 is 2.54 bits per heavy atom. The molecule has 28 heavy (non-hydrogen) atoms. The van der Waals surface area contributed by atoms with Crippen LogP contribution in [0.4, 0.5) is 5.82 Å². The highest BCUT2D eigenvalue weighted by Crippen LogP contribution is 2.46. The first-order chi connectivity index (χ1) is 13.1. The van der Waals surface area contributed by atoms with Crippen LogP contribution in [0.15, 0.2) is 16.9 Å². The van der Waals surface area contributed by atoms with Crippen molar-refractivity contribution in [1.29, 1.82) is 0 Å². The molecule has 2 aliphatic heterocycles. The van der Waals surface area contributed by atoms with Gasteiger partial charge in [0.1, 0.15) is 18.1 Å². The Labute approximate surface area is 178 Å². The fourth-order valence-corrected chi connectivity index (χ4v) is 6.14. The van der Waals surface area contributed by atoms with E-state index in [4.69, 9.17) is 14.7 Å². The molecule has 0 unspecified atom stereocenters. The summed E-state index contributed by atoms with van der Waals surface area (Å²) in [5, 5.41) is 0. The molecule has 2 atom stereocenters. The van der Waals surface area contributed by atoms with Crippen LogP contribution in [0.25, 0.3) is 11.2 Å².